The second-order valence-corrected chi connectivity index (χ2v) is 4.21. The summed E-state index contributed by atoms with van der Waals surface area (Å²) in [6, 6.07) is 2.29. The monoisotopic (exact) mass is 190 g/mol. The van der Waals surface area contributed by atoms with E-state index in [9.17, 15) is 0 Å². The van der Waals surface area contributed by atoms with Crippen molar-refractivity contribution in [3.05, 3.63) is 29.6 Å². The van der Waals surface area contributed by atoms with E-state index < -0.39 is 0 Å². The van der Waals surface area contributed by atoms with Crippen LogP contribution in [0.3, 0.4) is 0 Å². The fourth-order valence-corrected chi connectivity index (χ4v) is 1.93. The van der Waals surface area contributed by atoms with Crippen molar-refractivity contribution in [1.82, 2.24) is 4.98 Å². The number of hydrogen-bond acceptors (Lipinski definition) is 2. The largest absolute Gasteiger partial charge is 0.324 e. The SMILES string of the molecule is CCc1ccncc1[C@@H](N)CC1CC1. The first-order valence-electron chi connectivity index (χ1n) is 5.49. The third-order valence-electron chi connectivity index (χ3n) is 3.01. The van der Waals surface area contributed by atoms with E-state index in [1.54, 1.807) is 0 Å². The van der Waals surface area contributed by atoms with Crippen molar-refractivity contribution in [2.24, 2.45) is 11.7 Å². The second kappa shape index (κ2) is 4.09. The molecule has 1 aromatic rings. The highest BCUT2D eigenvalue weighted by molar-refractivity contribution is 5.26. The predicted molar refractivity (Wildman–Crippen MR) is 57.9 cm³/mol. The molecule has 0 bridgehead atoms. The fourth-order valence-electron chi connectivity index (χ4n) is 1.93. The van der Waals surface area contributed by atoms with Gasteiger partial charge >= 0.3 is 0 Å². The molecule has 2 N–H and O–H groups in total. The number of nitrogens with zero attached hydrogens (tertiary/aromatic N) is 1. The molecular formula is C12H18N2. The van der Waals surface area contributed by atoms with Gasteiger partial charge in [0.1, 0.15) is 0 Å². The summed E-state index contributed by atoms with van der Waals surface area (Å²) in [5, 5.41) is 0. The molecule has 2 rings (SSSR count). The zero-order chi connectivity index (χ0) is 9.97. The Morgan fingerprint density at radius 2 is 2.36 bits per heavy atom. The summed E-state index contributed by atoms with van der Waals surface area (Å²) >= 11 is 0. The van der Waals surface area contributed by atoms with E-state index in [2.05, 4.69) is 18.0 Å². The molecule has 1 aromatic heterocycles. The first kappa shape index (κ1) is 9.66. The minimum atomic E-state index is 0.200. The zero-order valence-electron chi connectivity index (χ0n) is 8.74. The van der Waals surface area contributed by atoms with Gasteiger partial charge in [-0.25, -0.2) is 0 Å². The summed E-state index contributed by atoms with van der Waals surface area (Å²) in [4.78, 5) is 4.16. The standard InChI is InChI=1S/C12H18N2/c1-2-10-5-6-14-8-11(10)12(13)7-9-3-4-9/h5-6,8-9,12H,2-4,7,13H2,1H3/t12-/m0/s1. The number of pyridine rings is 1. The molecule has 76 valence electrons. The van der Waals surface area contributed by atoms with E-state index in [-0.39, 0.29) is 6.04 Å². The van der Waals surface area contributed by atoms with E-state index >= 15 is 0 Å². The molecule has 1 aliphatic carbocycles. The minimum absolute atomic E-state index is 0.200. The minimum Gasteiger partial charge on any atom is -0.324 e. The average Bonchev–Trinajstić information content (AvgIpc) is 3.01. The van der Waals surface area contributed by atoms with E-state index in [0.29, 0.717) is 0 Å². The molecule has 1 fully saturated rings. The molecule has 1 atom stereocenters. The van der Waals surface area contributed by atoms with Crippen LogP contribution in [0, 0.1) is 5.92 Å². The van der Waals surface area contributed by atoms with Crippen molar-refractivity contribution in [3.63, 3.8) is 0 Å². The van der Waals surface area contributed by atoms with Gasteiger partial charge in [0.05, 0.1) is 0 Å². The van der Waals surface area contributed by atoms with Crippen LogP contribution in [0.1, 0.15) is 43.4 Å². The number of aryl methyl sites for hydroxylation is 1. The van der Waals surface area contributed by atoms with Gasteiger partial charge in [0.2, 0.25) is 0 Å². The summed E-state index contributed by atoms with van der Waals surface area (Å²) < 4.78 is 0. The quantitative estimate of drug-likeness (QED) is 0.792. The van der Waals surface area contributed by atoms with Gasteiger partial charge in [-0.3, -0.25) is 4.98 Å². The smallest absolute Gasteiger partial charge is 0.0318 e. The maximum Gasteiger partial charge on any atom is 0.0318 e. The Morgan fingerprint density at radius 3 is 3.00 bits per heavy atom. The molecule has 1 saturated carbocycles. The highest BCUT2D eigenvalue weighted by atomic mass is 14.7. The molecular weight excluding hydrogens is 172 g/mol. The van der Waals surface area contributed by atoms with Gasteiger partial charge in [-0.2, -0.15) is 0 Å². The Kier molecular flexibility index (Phi) is 2.82. The summed E-state index contributed by atoms with van der Waals surface area (Å²) in [5.74, 6) is 0.884. The van der Waals surface area contributed by atoms with Crippen LogP contribution in [0.2, 0.25) is 0 Å². The van der Waals surface area contributed by atoms with Crippen LogP contribution in [0.25, 0.3) is 0 Å². The highest BCUT2D eigenvalue weighted by Gasteiger charge is 2.25. The van der Waals surface area contributed by atoms with Crippen LogP contribution >= 0.6 is 0 Å². The molecule has 14 heavy (non-hydrogen) atoms. The van der Waals surface area contributed by atoms with Crippen LogP contribution in [-0.2, 0) is 6.42 Å². The first-order chi connectivity index (χ1) is 6.81. The molecule has 0 aliphatic heterocycles. The molecule has 0 saturated heterocycles. The number of nitrogens with two attached hydrogens (primary N) is 1. The van der Waals surface area contributed by atoms with Crippen LogP contribution in [0.4, 0.5) is 0 Å². The van der Waals surface area contributed by atoms with E-state index in [4.69, 9.17) is 5.73 Å². The molecule has 1 aliphatic rings. The summed E-state index contributed by atoms with van der Waals surface area (Å²) in [5.41, 5.74) is 8.78. The number of rotatable bonds is 4. The lowest BCUT2D eigenvalue weighted by Gasteiger charge is -2.14. The topological polar surface area (TPSA) is 38.9 Å². The van der Waals surface area contributed by atoms with Crippen LogP contribution in [0.5, 0.6) is 0 Å². The third-order valence-corrected chi connectivity index (χ3v) is 3.01. The Morgan fingerprint density at radius 1 is 1.57 bits per heavy atom. The van der Waals surface area contributed by atoms with Gasteiger partial charge in [0, 0.05) is 18.4 Å². The zero-order valence-corrected chi connectivity index (χ0v) is 8.74. The Bertz CT molecular complexity index is 305. The van der Waals surface area contributed by atoms with Crippen LogP contribution in [-0.4, -0.2) is 4.98 Å². The maximum absolute atomic E-state index is 6.17. The Labute approximate surface area is 85.5 Å². The van der Waals surface area contributed by atoms with Crippen molar-refractivity contribution >= 4 is 0 Å². The van der Waals surface area contributed by atoms with E-state index in [0.717, 1.165) is 18.8 Å². The Hall–Kier alpha value is -0.890. The maximum atomic E-state index is 6.17. The number of hydrogen-bond donors (Lipinski definition) is 1. The van der Waals surface area contributed by atoms with Crippen molar-refractivity contribution < 1.29 is 0 Å². The molecule has 0 radical (unpaired) electrons. The number of aromatic nitrogens is 1. The van der Waals surface area contributed by atoms with Gasteiger partial charge in [-0.05, 0) is 36.0 Å². The predicted octanol–water partition coefficient (Wildman–Crippen LogP) is 2.44. The average molecular weight is 190 g/mol. The van der Waals surface area contributed by atoms with Crippen LogP contribution in [0.15, 0.2) is 18.5 Å². The fraction of sp³-hybridized carbons (Fsp3) is 0.583. The van der Waals surface area contributed by atoms with Gasteiger partial charge in [-0.1, -0.05) is 19.8 Å². The second-order valence-electron chi connectivity index (χ2n) is 4.21. The first-order valence-corrected chi connectivity index (χ1v) is 5.49. The van der Waals surface area contributed by atoms with Gasteiger partial charge < -0.3 is 5.73 Å². The molecule has 0 aromatic carbocycles. The molecule has 0 amide bonds. The molecule has 1 heterocycles. The molecule has 2 nitrogen and oxygen atoms in total. The summed E-state index contributed by atoms with van der Waals surface area (Å²) in [6.45, 7) is 2.17. The summed E-state index contributed by atoms with van der Waals surface area (Å²) in [6.07, 6.45) is 8.72. The van der Waals surface area contributed by atoms with E-state index in [1.807, 2.05) is 12.4 Å². The molecule has 0 unspecified atom stereocenters. The molecule has 2 heteroatoms. The summed E-state index contributed by atoms with van der Waals surface area (Å²) in [7, 11) is 0. The van der Waals surface area contributed by atoms with E-state index in [1.165, 1.54) is 24.0 Å². The van der Waals surface area contributed by atoms with Crippen molar-refractivity contribution in [1.29, 1.82) is 0 Å². The normalized spacial score (nSPS) is 18.1. The van der Waals surface area contributed by atoms with Crippen molar-refractivity contribution in [3.8, 4) is 0 Å². The molecule has 0 spiro atoms. The lowest BCUT2D eigenvalue weighted by Crippen LogP contribution is -2.13. The van der Waals surface area contributed by atoms with Gasteiger partial charge in [0.25, 0.3) is 0 Å². The van der Waals surface area contributed by atoms with Crippen LogP contribution < -0.4 is 5.73 Å². The van der Waals surface area contributed by atoms with Gasteiger partial charge in [-0.15, -0.1) is 0 Å². The van der Waals surface area contributed by atoms with Gasteiger partial charge in [0.15, 0.2) is 0 Å². The van der Waals surface area contributed by atoms with Crippen molar-refractivity contribution in [2.75, 3.05) is 0 Å². The Balaban J connectivity index is 2.11. The lowest BCUT2D eigenvalue weighted by atomic mass is 9.98. The third kappa shape index (κ3) is 2.13. The highest BCUT2D eigenvalue weighted by Crippen LogP contribution is 2.37. The lowest BCUT2D eigenvalue weighted by molar-refractivity contribution is 0.591. The van der Waals surface area contributed by atoms with Crippen molar-refractivity contribution in [2.45, 2.75) is 38.6 Å².